The maximum Gasteiger partial charge on any atom is 0.308 e. The number of nitrogens with zero attached hydrogens (tertiary/aromatic N) is 1. The van der Waals surface area contributed by atoms with E-state index in [2.05, 4.69) is 5.32 Å². The van der Waals surface area contributed by atoms with Gasteiger partial charge in [-0.1, -0.05) is 13.0 Å². The summed E-state index contributed by atoms with van der Waals surface area (Å²) in [6.45, 7) is 3.59. The summed E-state index contributed by atoms with van der Waals surface area (Å²) >= 11 is 0. The van der Waals surface area contributed by atoms with Crippen molar-refractivity contribution in [3.8, 4) is 0 Å². The summed E-state index contributed by atoms with van der Waals surface area (Å²) in [7, 11) is 0. The maximum absolute atomic E-state index is 13.0. The zero-order chi connectivity index (χ0) is 19.6. The van der Waals surface area contributed by atoms with Crippen LogP contribution in [0.4, 0.5) is 5.69 Å². The van der Waals surface area contributed by atoms with E-state index >= 15 is 0 Å². The Balaban J connectivity index is 1.80. The minimum Gasteiger partial charge on any atom is -0.481 e. The quantitative estimate of drug-likeness (QED) is 0.780. The third-order valence-electron chi connectivity index (χ3n) is 4.62. The van der Waals surface area contributed by atoms with E-state index in [1.54, 1.807) is 42.2 Å². The first-order valence-electron chi connectivity index (χ1n) is 8.86. The van der Waals surface area contributed by atoms with Crippen molar-refractivity contribution in [1.29, 1.82) is 0 Å². The largest absolute Gasteiger partial charge is 0.481 e. The number of nitrogens with one attached hydrogen (secondary N) is 1. The van der Waals surface area contributed by atoms with Crippen molar-refractivity contribution in [3.05, 3.63) is 53.5 Å². The number of furan rings is 1. The molecule has 0 bridgehead atoms. The molecule has 0 radical (unpaired) electrons. The monoisotopic (exact) mass is 370 g/mol. The summed E-state index contributed by atoms with van der Waals surface area (Å²) < 4.78 is 5.09. The smallest absolute Gasteiger partial charge is 0.308 e. The van der Waals surface area contributed by atoms with Gasteiger partial charge in [0.05, 0.1) is 12.2 Å². The van der Waals surface area contributed by atoms with Gasteiger partial charge in [-0.15, -0.1) is 0 Å². The number of hydrogen-bond acceptors (Lipinski definition) is 4. The second-order valence-corrected chi connectivity index (χ2v) is 6.89. The molecule has 7 heteroatoms. The number of rotatable bonds is 7. The molecule has 2 N–H and O–H groups in total. The van der Waals surface area contributed by atoms with E-state index < -0.39 is 17.8 Å². The average molecular weight is 370 g/mol. The van der Waals surface area contributed by atoms with E-state index in [9.17, 15) is 14.4 Å². The molecule has 1 aromatic heterocycles. The predicted molar refractivity (Wildman–Crippen MR) is 98.7 cm³/mol. The van der Waals surface area contributed by atoms with Crippen LogP contribution in [-0.4, -0.2) is 40.4 Å². The standard InChI is InChI=1S/C20H22N2O5/c1-12-5-6-14(10-16(12)21-18(23)17-4-3-9-27-17)19(24)22(15-7-8-15)11-13(2)20(25)26/h3-6,9-10,13,15H,7-8,11H2,1-2H3,(H,21,23)(H,25,26). The molecule has 1 unspecified atom stereocenters. The van der Waals surface area contributed by atoms with E-state index in [4.69, 9.17) is 9.52 Å². The molecule has 1 aliphatic carbocycles. The Morgan fingerprint density at radius 3 is 2.63 bits per heavy atom. The van der Waals surface area contributed by atoms with Crippen LogP contribution in [0.1, 0.15) is 46.2 Å². The van der Waals surface area contributed by atoms with Crippen molar-refractivity contribution in [2.75, 3.05) is 11.9 Å². The van der Waals surface area contributed by atoms with Gasteiger partial charge in [0, 0.05) is 23.8 Å². The van der Waals surface area contributed by atoms with Gasteiger partial charge in [-0.3, -0.25) is 14.4 Å². The molecule has 1 fully saturated rings. The van der Waals surface area contributed by atoms with Crippen LogP contribution in [0.3, 0.4) is 0 Å². The summed E-state index contributed by atoms with van der Waals surface area (Å²) in [6, 6.07) is 8.35. The molecule has 2 aromatic rings. The van der Waals surface area contributed by atoms with E-state index in [0.29, 0.717) is 11.3 Å². The predicted octanol–water partition coefficient (Wildman–Crippen LogP) is 3.17. The van der Waals surface area contributed by atoms with Crippen LogP contribution >= 0.6 is 0 Å². The van der Waals surface area contributed by atoms with Crippen molar-refractivity contribution >= 4 is 23.5 Å². The van der Waals surface area contributed by atoms with Crippen molar-refractivity contribution in [2.45, 2.75) is 32.7 Å². The number of carbonyl (C=O) groups is 3. The van der Waals surface area contributed by atoms with Crippen molar-refractivity contribution in [3.63, 3.8) is 0 Å². The molecule has 1 heterocycles. The molecule has 0 saturated heterocycles. The van der Waals surface area contributed by atoms with Gasteiger partial charge in [0.25, 0.3) is 11.8 Å². The third kappa shape index (κ3) is 4.36. The Morgan fingerprint density at radius 1 is 1.30 bits per heavy atom. The van der Waals surface area contributed by atoms with Crippen molar-refractivity contribution < 1.29 is 23.9 Å². The molecule has 1 saturated carbocycles. The number of amides is 2. The molecule has 0 spiro atoms. The summed E-state index contributed by atoms with van der Waals surface area (Å²) in [5, 5.41) is 11.9. The minimum absolute atomic E-state index is 0.0850. The number of aryl methyl sites for hydroxylation is 1. The first-order valence-corrected chi connectivity index (χ1v) is 8.86. The van der Waals surface area contributed by atoms with E-state index in [-0.39, 0.29) is 24.3 Å². The Labute approximate surface area is 157 Å². The molecular formula is C20H22N2O5. The van der Waals surface area contributed by atoms with Gasteiger partial charge in [0.2, 0.25) is 0 Å². The minimum atomic E-state index is -0.927. The highest BCUT2D eigenvalue weighted by atomic mass is 16.4. The van der Waals surface area contributed by atoms with Gasteiger partial charge in [0.1, 0.15) is 0 Å². The highest BCUT2D eigenvalue weighted by Crippen LogP contribution is 2.30. The van der Waals surface area contributed by atoms with Crippen LogP contribution in [0.15, 0.2) is 41.0 Å². The lowest BCUT2D eigenvalue weighted by atomic mass is 10.1. The SMILES string of the molecule is Cc1ccc(C(=O)N(CC(C)C(=O)O)C2CC2)cc1NC(=O)c1ccco1. The lowest BCUT2D eigenvalue weighted by Crippen LogP contribution is -2.38. The highest BCUT2D eigenvalue weighted by Gasteiger charge is 2.35. The first kappa shape index (κ1) is 18.7. The highest BCUT2D eigenvalue weighted by molar-refractivity contribution is 6.04. The molecule has 142 valence electrons. The molecule has 1 atom stereocenters. The number of hydrogen-bond donors (Lipinski definition) is 2. The molecule has 0 aliphatic heterocycles. The van der Waals surface area contributed by atoms with E-state index in [1.807, 2.05) is 6.92 Å². The lowest BCUT2D eigenvalue weighted by molar-refractivity contribution is -0.141. The second kappa shape index (κ2) is 7.65. The van der Waals surface area contributed by atoms with Crippen LogP contribution in [0, 0.1) is 12.8 Å². The van der Waals surface area contributed by atoms with Crippen LogP contribution < -0.4 is 5.32 Å². The van der Waals surface area contributed by atoms with Gasteiger partial charge in [-0.05, 0) is 49.6 Å². The average Bonchev–Trinajstić information content (AvgIpc) is 3.32. The Kier molecular flexibility index (Phi) is 5.30. The number of anilines is 1. The van der Waals surface area contributed by atoms with Crippen LogP contribution in [-0.2, 0) is 4.79 Å². The van der Waals surface area contributed by atoms with Crippen LogP contribution in [0.2, 0.25) is 0 Å². The number of carboxylic acid groups (broad SMARTS) is 1. The summed E-state index contributed by atoms with van der Waals surface area (Å²) in [5.41, 5.74) is 1.74. The summed E-state index contributed by atoms with van der Waals surface area (Å²) in [6.07, 6.45) is 3.18. The second-order valence-electron chi connectivity index (χ2n) is 6.89. The van der Waals surface area contributed by atoms with Gasteiger partial charge in [0.15, 0.2) is 5.76 Å². The summed E-state index contributed by atoms with van der Waals surface area (Å²) in [4.78, 5) is 38.0. The van der Waals surface area contributed by atoms with E-state index in [1.165, 1.54) is 6.26 Å². The molecule has 3 rings (SSSR count). The van der Waals surface area contributed by atoms with Gasteiger partial charge >= 0.3 is 5.97 Å². The lowest BCUT2D eigenvalue weighted by Gasteiger charge is -2.25. The number of benzene rings is 1. The first-order chi connectivity index (χ1) is 12.9. The molecule has 2 amide bonds. The fourth-order valence-corrected chi connectivity index (χ4v) is 2.80. The molecule has 7 nitrogen and oxygen atoms in total. The Hall–Kier alpha value is -3.09. The fourth-order valence-electron chi connectivity index (χ4n) is 2.80. The fraction of sp³-hybridized carbons (Fsp3) is 0.350. The third-order valence-corrected chi connectivity index (χ3v) is 4.62. The Bertz CT molecular complexity index is 855. The van der Waals surface area contributed by atoms with Crippen molar-refractivity contribution in [1.82, 2.24) is 4.90 Å². The summed E-state index contributed by atoms with van der Waals surface area (Å²) in [5.74, 6) is -2.01. The van der Waals surface area contributed by atoms with Gasteiger partial charge < -0.3 is 19.7 Å². The molecule has 27 heavy (non-hydrogen) atoms. The molecular weight excluding hydrogens is 348 g/mol. The number of carboxylic acids is 1. The van der Waals surface area contributed by atoms with Gasteiger partial charge in [-0.2, -0.15) is 0 Å². The topological polar surface area (TPSA) is 99.9 Å². The Morgan fingerprint density at radius 2 is 2.04 bits per heavy atom. The van der Waals surface area contributed by atoms with Crippen LogP contribution in [0.5, 0.6) is 0 Å². The van der Waals surface area contributed by atoms with Crippen molar-refractivity contribution in [2.24, 2.45) is 5.92 Å². The van der Waals surface area contributed by atoms with Crippen LogP contribution in [0.25, 0.3) is 0 Å². The number of aliphatic carboxylic acids is 1. The van der Waals surface area contributed by atoms with Gasteiger partial charge in [-0.25, -0.2) is 0 Å². The zero-order valence-electron chi connectivity index (χ0n) is 15.3. The molecule has 1 aromatic carbocycles. The normalized spacial score (nSPS) is 14.4. The molecule has 1 aliphatic rings. The maximum atomic E-state index is 13.0. The number of carbonyl (C=O) groups excluding carboxylic acids is 2. The zero-order valence-corrected chi connectivity index (χ0v) is 15.3. The van der Waals surface area contributed by atoms with E-state index in [0.717, 1.165) is 18.4 Å².